The number of fused-ring (bicyclic) bond motifs is 1. The quantitative estimate of drug-likeness (QED) is 0.306. The van der Waals surface area contributed by atoms with Crippen LogP contribution in [0.4, 0.5) is 0 Å². The van der Waals surface area contributed by atoms with Crippen LogP contribution in [0.25, 0.3) is 16.7 Å². The van der Waals surface area contributed by atoms with E-state index in [0.29, 0.717) is 28.9 Å². The second-order valence-electron chi connectivity index (χ2n) is 8.18. The van der Waals surface area contributed by atoms with E-state index < -0.39 is 9.84 Å². The highest BCUT2D eigenvalue weighted by molar-refractivity contribution is 7.91. The molecule has 0 N–H and O–H groups in total. The fraction of sp³-hybridized carbons (Fsp3) is 0.240. The van der Waals surface area contributed by atoms with E-state index in [0.717, 1.165) is 22.5 Å². The Morgan fingerprint density at radius 2 is 1.69 bits per heavy atom. The molecule has 0 radical (unpaired) electrons. The second-order valence-corrected chi connectivity index (χ2v) is 10.7. The summed E-state index contributed by atoms with van der Waals surface area (Å²) in [5.41, 5.74) is 2.54. The first kappa shape index (κ1) is 22.4. The molecule has 0 unspecified atom stereocenters. The van der Waals surface area contributed by atoms with E-state index in [-0.39, 0.29) is 10.6 Å². The molecular formula is C25H25ClN2O3S. The average molecular weight is 469 g/mol. The smallest absolute Gasteiger partial charge is 0.178 e. The third kappa shape index (κ3) is 4.66. The maximum absolute atomic E-state index is 12.7. The first-order chi connectivity index (χ1) is 15.2. The minimum atomic E-state index is -3.35. The zero-order valence-electron chi connectivity index (χ0n) is 18.2. The SMILES string of the molecule is Cc1nc2c(Cl)cccc2n1-c1cccc(Oc2cccc(S(=O)(=O)CCC(C)C)c2)c1. The van der Waals surface area contributed by atoms with Gasteiger partial charge in [0.2, 0.25) is 0 Å². The van der Waals surface area contributed by atoms with Crippen molar-refractivity contribution in [1.29, 1.82) is 0 Å². The van der Waals surface area contributed by atoms with Crippen molar-refractivity contribution in [3.05, 3.63) is 77.6 Å². The zero-order chi connectivity index (χ0) is 22.9. The molecule has 4 rings (SSSR count). The number of hydrogen-bond donors (Lipinski definition) is 0. The fourth-order valence-electron chi connectivity index (χ4n) is 3.57. The van der Waals surface area contributed by atoms with Gasteiger partial charge in [-0.1, -0.05) is 43.6 Å². The Kier molecular flexibility index (Phi) is 6.26. The average Bonchev–Trinajstić information content (AvgIpc) is 3.10. The molecule has 0 saturated carbocycles. The summed E-state index contributed by atoms with van der Waals surface area (Å²) in [6.07, 6.45) is 0.623. The second kappa shape index (κ2) is 8.96. The van der Waals surface area contributed by atoms with Gasteiger partial charge in [0.1, 0.15) is 22.8 Å². The van der Waals surface area contributed by atoms with Gasteiger partial charge in [-0.25, -0.2) is 13.4 Å². The molecule has 0 fully saturated rings. The minimum absolute atomic E-state index is 0.124. The Balaban J connectivity index is 1.64. The Morgan fingerprint density at radius 1 is 1.00 bits per heavy atom. The number of para-hydroxylation sites is 1. The van der Waals surface area contributed by atoms with Crippen molar-refractivity contribution in [2.75, 3.05) is 5.75 Å². The lowest BCUT2D eigenvalue weighted by molar-refractivity contribution is 0.480. The molecule has 32 heavy (non-hydrogen) atoms. The molecule has 166 valence electrons. The number of rotatable bonds is 7. The fourth-order valence-corrected chi connectivity index (χ4v) is 5.38. The molecule has 3 aromatic carbocycles. The van der Waals surface area contributed by atoms with Gasteiger partial charge in [0, 0.05) is 6.07 Å². The Hall–Kier alpha value is -2.83. The summed E-state index contributed by atoms with van der Waals surface area (Å²) in [4.78, 5) is 4.87. The number of ether oxygens (including phenoxy) is 1. The maximum atomic E-state index is 12.7. The summed E-state index contributed by atoms with van der Waals surface area (Å²) >= 11 is 6.31. The van der Waals surface area contributed by atoms with E-state index >= 15 is 0 Å². The Morgan fingerprint density at radius 3 is 2.44 bits per heavy atom. The maximum Gasteiger partial charge on any atom is 0.178 e. The van der Waals surface area contributed by atoms with Crippen molar-refractivity contribution in [2.24, 2.45) is 5.92 Å². The normalized spacial score (nSPS) is 11.9. The van der Waals surface area contributed by atoms with Crippen LogP contribution in [-0.2, 0) is 9.84 Å². The van der Waals surface area contributed by atoms with Crippen molar-refractivity contribution in [3.8, 4) is 17.2 Å². The molecule has 4 aromatic rings. The van der Waals surface area contributed by atoms with Gasteiger partial charge in [0.25, 0.3) is 0 Å². The first-order valence-corrected chi connectivity index (χ1v) is 12.5. The lowest BCUT2D eigenvalue weighted by Crippen LogP contribution is -2.09. The van der Waals surface area contributed by atoms with Crippen LogP contribution in [0.15, 0.2) is 71.6 Å². The number of aryl methyl sites for hydroxylation is 1. The van der Waals surface area contributed by atoms with Crippen LogP contribution in [0.1, 0.15) is 26.1 Å². The lowest BCUT2D eigenvalue weighted by atomic mass is 10.2. The molecular weight excluding hydrogens is 444 g/mol. The van der Waals surface area contributed by atoms with E-state index in [2.05, 4.69) is 4.98 Å². The third-order valence-electron chi connectivity index (χ3n) is 5.24. The summed E-state index contributed by atoms with van der Waals surface area (Å²) in [5.74, 6) is 2.33. The van der Waals surface area contributed by atoms with Crippen molar-refractivity contribution in [3.63, 3.8) is 0 Å². The van der Waals surface area contributed by atoms with Gasteiger partial charge in [-0.2, -0.15) is 0 Å². The largest absolute Gasteiger partial charge is 0.457 e. The number of hydrogen-bond acceptors (Lipinski definition) is 4. The highest BCUT2D eigenvalue weighted by Gasteiger charge is 2.16. The molecule has 1 heterocycles. The molecule has 0 amide bonds. The van der Waals surface area contributed by atoms with Crippen LogP contribution in [0.5, 0.6) is 11.5 Å². The van der Waals surface area contributed by atoms with Crippen LogP contribution in [-0.4, -0.2) is 23.7 Å². The molecule has 0 bridgehead atoms. The van der Waals surface area contributed by atoms with E-state index in [4.69, 9.17) is 16.3 Å². The first-order valence-electron chi connectivity index (χ1n) is 10.5. The van der Waals surface area contributed by atoms with E-state index in [9.17, 15) is 8.42 Å². The van der Waals surface area contributed by atoms with Crippen LogP contribution < -0.4 is 4.74 Å². The number of nitrogens with zero attached hydrogens (tertiary/aromatic N) is 2. The van der Waals surface area contributed by atoms with Gasteiger partial charge in [-0.3, -0.25) is 4.57 Å². The van der Waals surface area contributed by atoms with Crippen molar-refractivity contribution < 1.29 is 13.2 Å². The molecule has 5 nitrogen and oxygen atoms in total. The molecule has 1 aromatic heterocycles. The van der Waals surface area contributed by atoms with Crippen molar-refractivity contribution in [1.82, 2.24) is 9.55 Å². The van der Waals surface area contributed by atoms with Gasteiger partial charge in [-0.15, -0.1) is 0 Å². The summed E-state index contributed by atoms with van der Waals surface area (Å²) in [7, 11) is -3.35. The van der Waals surface area contributed by atoms with Gasteiger partial charge in [0.15, 0.2) is 9.84 Å². The molecule has 0 saturated heterocycles. The van der Waals surface area contributed by atoms with Crippen molar-refractivity contribution in [2.45, 2.75) is 32.1 Å². The summed E-state index contributed by atoms with van der Waals surface area (Å²) < 4.78 is 33.4. The predicted octanol–water partition coefficient (Wildman–Crippen LogP) is 6.60. The highest BCUT2D eigenvalue weighted by Crippen LogP contribution is 2.30. The number of aromatic nitrogens is 2. The number of benzene rings is 3. The standard InChI is InChI=1S/C25H25ClN2O3S/c1-17(2)13-14-32(29,30)22-10-5-9-21(16-22)31-20-8-4-7-19(15-20)28-18(3)27-25-23(26)11-6-12-24(25)28/h4-12,15-17H,13-14H2,1-3H3. The number of halogens is 1. The van der Waals surface area contributed by atoms with E-state index in [1.165, 1.54) is 0 Å². The predicted molar refractivity (Wildman–Crippen MR) is 129 cm³/mol. The van der Waals surface area contributed by atoms with E-state index in [1.54, 1.807) is 24.3 Å². The molecule has 0 aliphatic rings. The monoisotopic (exact) mass is 468 g/mol. The molecule has 0 spiro atoms. The van der Waals surface area contributed by atoms with E-state index in [1.807, 2.05) is 67.8 Å². The Labute approximate surface area is 193 Å². The van der Waals surface area contributed by atoms with Gasteiger partial charge < -0.3 is 4.74 Å². The van der Waals surface area contributed by atoms with Crippen LogP contribution in [0.3, 0.4) is 0 Å². The molecule has 0 aliphatic heterocycles. The van der Waals surface area contributed by atoms with Crippen LogP contribution >= 0.6 is 11.6 Å². The number of sulfone groups is 1. The topological polar surface area (TPSA) is 61.2 Å². The minimum Gasteiger partial charge on any atom is -0.457 e. The Bertz CT molecular complexity index is 1380. The van der Waals surface area contributed by atoms with Crippen LogP contribution in [0.2, 0.25) is 5.02 Å². The van der Waals surface area contributed by atoms with Gasteiger partial charge in [0.05, 0.1) is 26.9 Å². The summed E-state index contributed by atoms with van der Waals surface area (Å²) in [5, 5.41) is 0.604. The third-order valence-corrected chi connectivity index (χ3v) is 7.29. The van der Waals surface area contributed by atoms with Gasteiger partial charge >= 0.3 is 0 Å². The molecule has 7 heteroatoms. The van der Waals surface area contributed by atoms with Crippen molar-refractivity contribution >= 4 is 32.5 Å². The number of imidazole rings is 1. The summed E-state index contributed by atoms with van der Waals surface area (Å²) in [6, 6.07) is 19.9. The van der Waals surface area contributed by atoms with Crippen LogP contribution in [0, 0.1) is 12.8 Å². The zero-order valence-corrected chi connectivity index (χ0v) is 19.8. The highest BCUT2D eigenvalue weighted by atomic mass is 35.5. The molecule has 0 aliphatic carbocycles. The molecule has 0 atom stereocenters. The lowest BCUT2D eigenvalue weighted by Gasteiger charge is -2.12. The van der Waals surface area contributed by atoms with Gasteiger partial charge in [-0.05, 0) is 61.7 Å². The summed E-state index contributed by atoms with van der Waals surface area (Å²) in [6.45, 7) is 5.96.